The van der Waals surface area contributed by atoms with E-state index >= 15 is 0 Å². The zero-order valence-electron chi connectivity index (χ0n) is 12.8. The molecule has 1 aliphatic rings. The van der Waals surface area contributed by atoms with E-state index in [1.165, 1.54) is 38.3 Å². The molecule has 3 rings (SSSR count). The molecule has 1 aromatic heterocycles. The number of hydrogen-bond acceptors (Lipinski definition) is 4. The summed E-state index contributed by atoms with van der Waals surface area (Å²) in [5.74, 6) is 0.461. The summed E-state index contributed by atoms with van der Waals surface area (Å²) in [6, 6.07) is 7.93. The molecule has 0 bridgehead atoms. The molecular formula is C17H19BrN4O. The van der Waals surface area contributed by atoms with Crippen LogP contribution in [0.25, 0.3) is 0 Å². The molecule has 120 valence electrons. The Bertz CT molecular complexity index is 669. The first-order chi connectivity index (χ1) is 11.2. The number of nitrogens with zero attached hydrogens (tertiary/aromatic N) is 2. The lowest BCUT2D eigenvalue weighted by atomic mass is 9.96. The third kappa shape index (κ3) is 4.28. The van der Waals surface area contributed by atoms with E-state index in [1.807, 2.05) is 24.3 Å². The number of carbonyl (C=O) groups excluding carboxylic acids is 1. The Morgan fingerprint density at radius 2 is 1.87 bits per heavy atom. The molecule has 0 unspecified atom stereocenters. The second-order valence-electron chi connectivity index (χ2n) is 5.70. The summed E-state index contributed by atoms with van der Waals surface area (Å²) < 4.78 is 0.830. The zero-order chi connectivity index (χ0) is 16.1. The Kier molecular flexibility index (Phi) is 5.23. The number of aromatic nitrogens is 2. The number of rotatable bonds is 4. The molecule has 23 heavy (non-hydrogen) atoms. The van der Waals surface area contributed by atoms with Gasteiger partial charge in [-0.2, -0.15) is 0 Å². The predicted octanol–water partition coefficient (Wildman–Crippen LogP) is 4.24. The van der Waals surface area contributed by atoms with Crippen molar-refractivity contribution in [2.24, 2.45) is 0 Å². The quantitative estimate of drug-likeness (QED) is 0.839. The largest absolute Gasteiger partial charge is 0.366 e. The van der Waals surface area contributed by atoms with Crippen LogP contribution in [0.2, 0.25) is 0 Å². The summed E-state index contributed by atoms with van der Waals surface area (Å²) in [4.78, 5) is 20.7. The zero-order valence-corrected chi connectivity index (χ0v) is 14.3. The fourth-order valence-corrected chi connectivity index (χ4v) is 3.11. The van der Waals surface area contributed by atoms with E-state index in [1.54, 1.807) is 6.20 Å². The summed E-state index contributed by atoms with van der Waals surface area (Å²) in [5.41, 5.74) is 1.01. The molecule has 2 N–H and O–H groups in total. The maximum Gasteiger partial charge on any atom is 0.275 e. The Labute approximate surface area is 144 Å². The standard InChI is InChI=1S/C17H19BrN4O/c18-13-8-4-5-9-14(13)22-17(23)15-10-20-16(11-19-15)21-12-6-2-1-3-7-12/h4-5,8-12H,1-3,6-7H2,(H,20,21)(H,22,23). The summed E-state index contributed by atoms with van der Waals surface area (Å²) in [7, 11) is 0. The smallest absolute Gasteiger partial charge is 0.275 e. The normalized spacial score (nSPS) is 15.2. The first-order valence-electron chi connectivity index (χ1n) is 7.87. The van der Waals surface area contributed by atoms with Crippen LogP contribution in [-0.4, -0.2) is 21.9 Å². The van der Waals surface area contributed by atoms with Crippen molar-refractivity contribution in [2.45, 2.75) is 38.1 Å². The van der Waals surface area contributed by atoms with Gasteiger partial charge in [-0.3, -0.25) is 4.79 Å². The second-order valence-corrected chi connectivity index (χ2v) is 6.55. The molecule has 1 saturated carbocycles. The maximum atomic E-state index is 12.2. The molecule has 6 heteroatoms. The summed E-state index contributed by atoms with van der Waals surface area (Å²) >= 11 is 3.40. The minimum absolute atomic E-state index is 0.270. The number of anilines is 2. The van der Waals surface area contributed by atoms with Crippen molar-refractivity contribution in [1.29, 1.82) is 0 Å². The lowest BCUT2D eigenvalue weighted by molar-refractivity contribution is 0.102. The maximum absolute atomic E-state index is 12.2. The summed E-state index contributed by atoms with van der Waals surface area (Å²) in [5, 5.41) is 6.21. The third-order valence-corrected chi connectivity index (χ3v) is 4.66. The van der Waals surface area contributed by atoms with Crippen molar-refractivity contribution in [3.05, 3.63) is 46.8 Å². The van der Waals surface area contributed by atoms with Crippen LogP contribution in [0.4, 0.5) is 11.5 Å². The van der Waals surface area contributed by atoms with E-state index in [9.17, 15) is 4.79 Å². The number of para-hydroxylation sites is 1. The molecule has 1 aromatic carbocycles. The molecule has 1 amide bonds. The van der Waals surface area contributed by atoms with Crippen LogP contribution >= 0.6 is 15.9 Å². The van der Waals surface area contributed by atoms with E-state index < -0.39 is 0 Å². The summed E-state index contributed by atoms with van der Waals surface area (Å²) in [6.45, 7) is 0. The van der Waals surface area contributed by atoms with Gasteiger partial charge in [0.25, 0.3) is 5.91 Å². The van der Waals surface area contributed by atoms with Gasteiger partial charge in [0.1, 0.15) is 11.5 Å². The van der Waals surface area contributed by atoms with Crippen LogP contribution < -0.4 is 10.6 Å². The Hall–Kier alpha value is -1.95. The molecule has 0 radical (unpaired) electrons. The van der Waals surface area contributed by atoms with Crippen molar-refractivity contribution in [3.63, 3.8) is 0 Å². The van der Waals surface area contributed by atoms with Gasteiger partial charge >= 0.3 is 0 Å². The van der Waals surface area contributed by atoms with Gasteiger partial charge in [-0.1, -0.05) is 31.4 Å². The first kappa shape index (κ1) is 15.9. The van der Waals surface area contributed by atoms with E-state index in [0.29, 0.717) is 17.4 Å². The average Bonchev–Trinajstić information content (AvgIpc) is 2.58. The highest BCUT2D eigenvalue weighted by Crippen LogP contribution is 2.22. The Morgan fingerprint density at radius 3 is 2.57 bits per heavy atom. The van der Waals surface area contributed by atoms with Crippen molar-refractivity contribution in [2.75, 3.05) is 10.6 Å². The highest BCUT2D eigenvalue weighted by Gasteiger charge is 2.14. The second kappa shape index (κ2) is 7.55. The topological polar surface area (TPSA) is 66.9 Å². The minimum Gasteiger partial charge on any atom is -0.366 e. The van der Waals surface area contributed by atoms with E-state index in [0.717, 1.165) is 10.3 Å². The number of carbonyl (C=O) groups is 1. The van der Waals surface area contributed by atoms with Crippen LogP contribution in [0, 0.1) is 0 Å². The molecule has 5 nitrogen and oxygen atoms in total. The predicted molar refractivity (Wildman–Crippen MR) is 94.6 cm³/mol. The number of hydrogen-bond donors (Lipinski definition) is 2. The van der Waals surface area contributed by atoms with Crippen LogP contribution in [0.3, 0.4) is 0 Å². The van der Waals surface area contributed by atoms with E-state index in [4.69, 9.17) is 0 Å². The molecule has 0 spiro atoms. The van der Waals surface area contributed by atoms with Gasteiger partial charge in [-0.15, -0.1) is 0 Å². The van der Waals surface area contributed by atoms with Crippen molar-refractivity contribution in [3.8, 4) is 0 Å². The van der Waals surface area contributed by atoms with Crippen molar-refractivity contribution < 1.29 is 4.79 Å². The van der Waals surface area contributed by atoms with Crippen molar-refractivity contribution in [1.82, 2.24) is 9.97 Å². The number of halogens is 1. The van der Waals surface area contributed by atoms with Gasteiger partial charge < -0.3 is 10.6 Å². The Morgan fingerprint density at radius 1 is 1.09 bits per heavy atom. The third-order valence-electron chi connectivity index (χ3n) is 3.96. The molecule has 1 aliphatic carbocycles. The van der Waals surface area contributed by atoms with Crippen LogP contribution in [0.15, 0.2) is 41.1 Å². The number of nitrogens with one attached hydrogen (secondary N) is 2. The molecule has 0 atom stereocenters. The average molecular weight is 375 g/mol. The van der Waals surface area contributed by atoms with Gasteiger partial charge in [0.2, 0.25) is 0 Å². The van der Waals surface area contributed by atoms with Crippen molar-refractivity contribution >= 4 is 33.3 Å². The number of benzene rings is 1. The molecule has 2 aromatic rings. The van der Waals surface area contributed by atoms with Crippen LogP contribution in [0.1, 0.15) is 42.6 Å². The number of amides is 1. The molecule has 0 aliphatic heterocycles. The molecule has 1 fully saturated rings. The van der Waals surface area contributed by atoms with Gasteiger partial charge in [-0.05, 0) is 40.9 Å². The first-order valence-corrected chi connectivity index (χ1v) is 8.66. The Balaban J connectivity index is 1.62. The molecule has 0 saturated heterocycles. The highest BCUT2D eigenvalue weighted by atomic mass is 79.9. The fourth-order valence-electron chi connectivity index (χ4n) is 2.72. The van der Waals surface area contributed by atoms with Gasteiger partial charge in [0, 0.05) is 10.5 Å². The van der Waals surface area contributed by atoms with E-state index in [2.05, 4.69) is 36.5 Å². The summed E-state index contributed by atoms with van der Waals surface area (Å²) in [6.07, 6.45) is 9.33. The van der Waals surface area contributed by atoms with Crippen LogP contribution in [0.5, 0.6) is 0 Å². The van der Waals surface area contributed by atoms with Crippen LogP contribution in [-0.2, 0) is 0 Å². The lowest BCUT2D eigenvalue weighted by Gasteiger charge is -2.23. The van der Waals surface area contributed by atoms with Gasteiger partial charge in [0.15, 0.2) is 0 Å². The SMILES string of the molecule is O=C(Nc1ccccc1Br)c1cnc(NC2CCCCC2)cn1. The van der Waals surface area contributed by atoms with Gasteiger partial charge in [0.05, 0.1) is 18.1 Å². The highest BCUT2D eigenvalue weighted by molar-refractivity contribution is 9.10. The monoisotopic (exact) mass is 374 g/mol. The van der Waals surface area contributed by atoms with E-state index in [-0.39, 0.29) is 5.91 Å². The molecular weight excluding hydrogens is 356 g/mol. The lowest BCUT2D eigenvalue weighted by Crippen LogP contribution is -2.23. The molecule has 1 heterocycles. The van der Waals surface area contributed by atoms with Gasteiger partial charge in [-0.25, -0.2) is 9.97 Å². The minimum atomic E-state index is -0.270. The fraction of sp³-hybridized carbons (Fsp3) is 0.353.